The van der Waals surface area contributed by atoms with Crippen LogP contribution in [0.25, 0.3) is 11.0 Å². The first-order valence-electron chi connectivity index (χ1n) is 9.54. The van der Waals surface area contributed by atoms with Crippen molar-refractivity contribution in [2.24, 2.45) is 0 Å². The fraction of sp³-hybridized carbons (Fsp3) is 0.579. The summed E-state index contributed by atoms with van der Waals surface area (Å²) < 4.78 is 1.46. The van der Waals surface area contributed by atoms with Gasteiger partial charge in [-0.05, 0) is 25.3 Å². The Labute approximate surface area is 157 Å². The maximum absolute atomic E-state index is 13.3. The van der Waals surface area contributed by atoms with Crippen molar-refractivity contribution >= 4 is 16.9 Å². The summed E-state index contributed by atoms with van der Waals surface area (Å²) in [5, 5.41) is 3.46. The number of fused-ring (bicyclic) bond motifs is 1. The average molecular weight is 373 g/mol. The molecule has 8 heteroatoms. The van der Waals surface area contributed by atoms with Crippen LogP contribution >= 0.6 is 0 Å². The number of carbonyl (C=O) groups excluding carboxylic acids is 1. The van der Waals surface area contributed by atoms with Gasteiger partial charge in [0.2, 0.25) is 0 Å². The molecule has 1 saturated heterocycles. The molecule has 2 aromatic rings. The minimum Gasteiger partial charge on any atom is -0.333 e. The van der Waals surface area contributed by atoms with E-state index in [0.717, 1.165) is 0 Å². The first-order valence-corrected chi connectivity index (χ1v) is 9.54. The van der Waals surface area contributed by atoms with Crippen LogP contribution in [0, 0.1) is 0 Å². The molecule has 0 aliphatic carbocycles. The van der Waals surface area contributed by atoms with Gasteiger partial charge in [-0.1, -0.05) is 20.8 Å². The highest BCUT2D eigenvalue weighted by Gasteiger charge is 2.28. The molecule has 0 unspecified atom stereocenters. The molecular weight excluding hydrogens is 346 g/mol. The molecule has 2 aromatic heterocycles. The molecule has 1 aliphatic rings. The second-order valence-electron chi connectivity index (χ2n) is 7.41. The Bertz CT molecular complexity index is 976. The molecule has 1 atom stereocenters. The molecule has 0 saturated carbocycles. The van der Waals surface area contributed by atoms with Crippen LogP contribution in [-0.2, 0) is 6.54 Å². The Hall–Kier alpha value is -2.48. The van der Waals surface area contributed by atoms with Crippen molar-refractivity contribution in [1.82, 2.24) is 24.8 Å². The zero-order valence-corrected chi connectivity index (χ0v) is 16.3. The first kappa shape index (κ1) is 19.3. The van der Waals surface area contributed by atoms with E-state index in [4.69, 9.17) is 0 Å². The van der Waals surface area contributed by atoms with E-state index >= 15 is 0 Å². The summed E-state index contributed by atoms with van der Waals surface area (Å²) >= 11 is 0. The minimum absolute atomic E-state index is 0.0255. The number of aryl methyl sites for hydroxylation is 1. The summed E-state index contributed by atoms with van der Waals surface area (Å²) in [5.41, 5.74) is 0.267. The number of nitrogens with zero attached hydrogens (tertiary/aromatic N) is 3. The Morgan fingerprint density at radius 1 is 1.37 bits per heavy atom. The third-order valence-corrected chi connectivity index (χ3v) is 5.00. The number of hydrogen-bond donors (Lipinski definition) is 2. The number of carbonyl (C=O) groups is 1. The fourth-order valence-corrected chi connectivity index (χ4v) is 3.49. The maximum atomic E-state index is 13.3. The fourth-order valence-electron chi connectivity index (χ4n) is 3.49. The number of rotatable bonds is 4. The van der Waals surface area contributed by atoms with Crippen LogP contribution < -0.4 is 16.6 Å². The van der Waals surface area contributed by atoms with Crippen molar-refractivity contribution in [3.63, 3.8) is 0 Å². The second kappa shape index (κ2) is 7.64. The molecule has 2 N–H and O–H groups in total. The normalized spacial score (nSPS) is 17.7. The molecule has 1 amide bonds. The lowest BCUT2D eigenvalue weighted by Gasteiger charge is -2.34. The van der Waals surface area contributed by atoms with Crippen LogP contribution in [0.1, 0.15) is 56.1 Å². The van der Waals surface area contributed by atoms with Gasteiger partial charge in [0, 0.05) is 37.9 Å². The average Bonchev–Trinajstić information content (AvgIpc) is 2.63. The van der Waals surface area contributed by atoms with Crippen LogP contribution in [0.4, 0.5) is 0 Å². The lowest BCUT2D eigenvalue weighted by molar-refractivity contribution is 0.0657. The largest absolute Gasteiger partial charge is 0.333 e. The van der Waals surface area contributed by atoms with Gasteiger partial charge in [-0.25, -0.2) is 9.78 Å². The summed E-state index contributed by atoms with van der Waals surface area (Å²) in [5.74, 6) is -0.128. The third kappa shape index (κ3) is 3.53. The number of piperazine rings is 1. The number of hydrogen-bond acceptors (Lipinski definition) is 5. The standard InChI is InChI=1S/C19H27N5O3/c1-5-7-24-16-15(17(25)22-19(24)27)13(9-14(21-16)11(2)3)18(26)23-8-6-20-10-12(23)4/h9,11-12,20H,5-8,10H2,1-4H3,(H,22,25,27)/t12-/m0/s1. The predicted octanol–water partition coefficient (Wildman–Crippen LogP) is 1.05. The maximum Gasteiger partial charge on any atom is 0.329 e. The van der Waals surface area contributed by atoms with E-state index in [0.29, 0.717) is 49.5 Å². The van der Waals surface area contributed by atoms with Crippen molar-refractivity contribution in [1.29, 1.82) is 0 Å². The third-order valence-electron chi connectivity index (χ3n) is 5.00. The van der Waals surface area contributed by atoms with Gasteiger partial charge < -0.3 is 10.2 Å². The zero-order valence-electron chi connectivity index (χ0n) is 16.3. The highest BCUT2D eigenvalue weighted by molar-refractivity contribution is 6.05. The van der Waals surface area contributed by atoms with Crippen LogP contribution in [-0.4, -0.2) is 51.0 Å². The van der Waals surface area contributed by atoms with E-state index in [1.54, 1.807) is 11.0 Å². The number of aromatic nitrogens is 3. The first-order chi connectivity index (χ1) is 12.8. The van der Waals surface area contributed by atoms with E-state index in [9.17, 15) is 14.4 Å². The van der Waals surface area contributed by atoms with Crippen molar-refractivity contribution in [3.05, 3.63) is 38.2 Å². The van der Waals surface area contributed by atoms with Crippen LogP contribution in [0.3, 0.4) is 0 Å². The summed E-state index contributed by atoms with van der Waals surface area (Å²) in [6, 6.07) is 1.73. The lowest BCUT2D eigenvalue weighted by atomic mass is 10.0. The van der Waals surface area contributed by atoms with E-state index in [2.05, 4.69) is 15.3 Å². The zero-order chi connectivity index (χ0) is 19.7. The van der Waals surface area contributed by atoms with Crippen molar-refractivity contribution in [2.45, 2.75) is 52.6 Å². The summed E-state index contributed by atoms with van der Waals surface area (Å²) in [4.78, 5) is 47.0. The molecule has 1 aliphatic heterocycles. The molecule has 1 fully saturated rings. The number of amides is 1. The highest BCUT2D eigenvalue weighted by Crippen LogP contribution is 2.22. The molecular formula is C19H27N5O3. The number of H-pyrrole nitrogens is 1. The Morgan fingerprint density at radius 2 is 2.11 bits per heavy atom. The van der Waals surface area contributed by atoms with Gasteiger partial charge >= 0.3 is 5.69 Å². The molecule has 27 heavy (non-hydrogen) atoms. The van der Waals surface area contributed by atoms with E-state index in [1.807, 2.05) is 27.7 Å². The molecule has 3 rings (SSSR count). The van der Waals surface area contributed by atoms with Crippen molar-refractivity contribution in [3.8, 4) is 0 Å². The predicted molar refractivity (Wildman–Crippen MR) is 104 cm³/mol. The van der Waals surface area contributed by atoms with Gasteiger partial charge in [-0.3, -0.25) is 19.1 Å². The summed E-state index contributed by atoms with van der Waals surface area (Å²) in [6.45, 7) is 10.3. The number of aromatic amines is 1. The summed E-state index contributed by atoms with van der Waals surface area (Å²) in [7, 11) is 0. The number of pyridine rings is 1. The van der Waals surface area contributed by atoms with Crippen LogP contribution in [0.15, 0.2) is 15.7 Å². The van der Waals surface area contributed by atoms with Gasteiger partial charge in [0.05, 0.1) is 10.9 Å². The Balaban J connectivity index is 2.30. The monoisotopic (exact) mass is 373 g/mol. The molecule has 0 aromatic carbocycles. The lowest BCUT2D eigenvalue weighted by Crippen LogP contribution is -2.52. The van der Waals surface area contributed by atoms with Crippen molar-refractivity contribution in [2.75, 3.05) is 19.6 Å². The Morgan fingerprint density at radius 3 is 2.74 bits per heavy atom. The van der Waals surface area contributed by atoms with E-state index in [1.165, 1.54) is 4.57 Å². The van der Waals surface area contributed by atoms with Gasteiger partial charge in [0.15, 0.2) is 5.65 Å². The van der Waals surface area contributed by atoms with Gasteiger partial charge in [0.1, 0.15) is 0 Å². The molecule has 146 valence electrons. The van der Waals surface area contributed by atoms with Crippen LogP contribution in [0.5, 0.6) is 0 Å². The molecule has 0 spiro atoms. The van der Waals surface area contributed by atoms with Gasteiger partial charge in [0.25, 0.3) is 11.5 Å². The minimum atomic E-state index is -0.559. The number of nitrogens with one attached hydrogen (secondary N) is 2. The summed E-state index contributed by atoms with van der Waals surface area (Å²) in [6.07, 6.45) is 0.715. The quantitative estimate of drug-likeness (QED) is 0.834. The molecule has 3 heterocycles. The van der Waals surface area contributed by atoms with E-state index < -0.39 is 11.2 Å². The second-order valence-corrected chi connectivity index (χ2v) is 7.41. The van der Waals surface area contributed by atoms with Gasteiger partial charge in [-0.15, -0.1) is 0 Å². The molecule has 0 bridgehead atoms. The van der Waals surface area contributed by atoms with E-state index in [-0.39, 0.29) is 23.3 Å². The van der Waals surface area contributed by atoms with Crippen LogP contribution in [0.2, 0.25) is 0 Å². The topological polar surface area (TPSA) is 100 Å². The molecule has 8 nitrogen and oxygen atoms in total. The highest BCUT2D eigenvalue weighted by atomic mass is 16.2. The van der Waals surface area contributed by atoms with Crippen molar-refractivity contribution < 1.29 is 4.79 Å². The molecule has 0 radical (unpaired) electrons. The smallest absolute Gasteiger partial charge is 0.329 e. The van der Waals surface area contributed by atoms with Gasteiger partial charge in [-0.2, -0.15) is 0 Å². The Kier molecular flexibility index (Phi) is 5.46. The SMILES string of the molecule is CCCn1c(=O)[nH]c(=O)c2c(C(=O)N3CCNC[C@@H]3C)cc(C(C)C)nc21.